The van der Waals surface area contributed by atoms with Crippen molar-refractivity contribution in [2.24, 2.45) is 5.92 Å². The van der Waals surface area contributed by atoms with E-state index in [9.17, 15) is 0 Å². The summed E-state index contributed by atoms with van der Waals surface area (Å²) in [5.41, 5.74) is 0. The van der Waals surface area contributed by atoms with Crippen LogP contribution in [0.4, 0.5) is 0 Å². The van der Waals surface area contributed by atoms with Crippen molar-refractivity contribution in [2.45, 2.75) is 44.6 Å². The van der Waals surface area contributed by atoms with Crippen LogP contribution in [-0.4, -0.2) is 37.6 Å². The Morgan fingerprint density at radius 1 is 1.14 bits per heavy atom. The number of likely N-dealkylation sites (tertiary alicyclic amines) is 1. The van der Waals surface area contributed by atoms with E-state index in [1.165, 1.54) is 58.2 Å². The minimum atomic E-state index is 0.804. The lowest BCUT2D eigenvalue weighted by Gasteiger charge is -2.16. The second-order valence-electron chi connectivity index (χ2n) is 5.12. The van der Waals surface area contributed by atoms with Crippen molar-refractivity contribution in [3.05, 3.63) is 0 Å². The minimum absolute atomic E-state index is 0.804. The van der Waals surface area contributed by atoms with E-state index >= 15 is 0 Å². The highest BCUT2D eigenvalue weighted by Crippen LogP contribution is 2.31. The first-order valence-electron chi connectivity index (χ1n) is 6.26. The summed E-state index contributed by atoms with van der Waals surface area (Å²) >= 11 is 0. The molecule has 1 N–H and O–H groups in total. The van der Waals surface area contributed by atoms with Crippen molar-refractivity contribution < 1.29 is 0 Å². The third-order valence-corrected chi connectivity index (χ3v) is 3.63. The summed E-state index contributed by atoms with van der Waals surface area (Å²) in [6.07, 6.45) is 8.52. The molecule has 1 heterocycles. The summed E-state index contributed by atoms with van der Waals surface area (Å²) in [6.45, 7) is 3.83. The molecule has 0 radical (unpaired) electrons. The van der Waals surface area contributed by atoms with E-state index in [1.807, 2.05) is 0 Å². The topological polar surface area (TPSA) is 15.3 Å². The molecule has 1 aliphatic heterocycles. The van der Waals surface area contributed by atoms with E-state index in [0.29, 0.717) is 0 Å². The van der Waals surface area contributed by atoms with Crippen LogP contribution in [0.25, 0.3) is 0 Å². The quantitative estimate of drug-likeness (QED) is 0.738. The summed E-state index contributed by atoms with van der Waals surface area (Å²) in [6, 6.07) is 0.804. The Hall–Kier alpha value is -0.0800. The van der Waals surface area contributed by atoms with Gasteiger partial charge in [0.2, 0.25) is 0 Å². The lowest BCUT2D eigenvalue weighted by Crippen LogP contribution is -2.31. The molecule has 0 bridgehead atoms. The van der Waals surface area contributed by atoms with Crippen molar-refractivity contribution in [3.63, 3.8) is 0 Å². The van der Waals surface area contributed by atoms with Crippen LogP contribution < -0.4 is 5.32 Å². The van der Waals surface area contributed by atoms with Gasteiger partial charge in [0.05, 0.1) is 0 Å². The van der Waals surface area contributed by atoms with Crippen molar-refractivity contribution in [2.75, 3.05) is 26.7 Å². The van der Waals surface area contributed by atoms with E-state index in [-0.39, 0.29) is 0 Å². The zero-order chi connectivity index (χ0) is 9.80. The highest BCUT2D eigenvalue weighted by molar-refractivity contribution is 4.77. The first-order chi connectivity index (χ1) is 6.84. The molecule has 0 amide bonds. The second kappa shape index (κ2) is 5.13. The van der Waals surface area contributed by atoms with Gasteiger partial charge < -0.3 is 10.2 Å². The van der Waals surface area contributed by atoms with Crippen LogP contribution in [0.5, 0.6) is 0 Å². The van der Waals surface area contributed by atoms with Crippen LogP contribution in [-0.2, 0) is 0 Å². The molecule has 82 valence electrons. The van der Waals surface area contributed by atoms with Gasteiger partial charge in [0.1, 0.15) is 0 Å². The number of rotatable bonds is 4. The number of nitrogens with one attached hydrogen (secondary N) is 1. The van der Waals surface area contributed by atoms with Crippen molar-refractivity contribution in [3.8, 4) is 0 Å². The molecule has 0 aromatic carbocycles. The van der Waals surface area contributed by atoms with Gasteiger partial charge >= 0.3 is 0 Å². The first kappa shape index (κ1) is 10.4. The van der Waals surface area contributed by atoms with Crippen LogP contribution in [0.3, 0.4) is 0 Å². The summed E-state index contributed by atoms with van der Waals surface area (Å²) in [4.78, 5) is 2.46. The smallest absolute Gasteiger partial charge is 0.00797 e. The maximum atomic E-state index is 3.73. The Labute approximate surface area is 88.1 Å². The molecule has 0 aromatic heterocycles. The summed E-state index contributed by atoms with van der Waals surface area (Å²) in [7, 11) is 2.24. The second-order valence-corrected chi connectivity index (χ2v) is 5.12. The van der Waals surface area contributed by atoms with Gasteiger partial charge in [0, 0.05) is 6.04 Å². The zero-order valence-electron chi connectivity index (χ0n) is 9.47. The van der Waals surface area contributed by atoms with E-state index in [0.717, 1.165) is 12.0 Å². The van der Waals surface area contributed by atoms with Crippen LogP contribution in [0.15, 0.2) is 0 Å². The van der Waals surface area contributed by atoms with Crippen molar-refractivity contribution in [1.82, 2.24) is 10.2 Å². The fraction of sp³-hybridized carbons (Fsp3) is 1.00. The molecule has 0 spiro atoms. The Kier molecular flexibility index (Phi) is 3.82. The molecule has 2 heteroatoms. The SMILES string of the molecule is CN1CCCC(NCCC2CC2)CC1. The van der Waals surface area contributed by atoms with Crippen LogP contribution in [0, 0.1) is 5.92 Å². The number of hydrogen-bond acceptors (Lipinski definition) is 2. The molecule has 2 aliphatic rings. The highest BCUT2D eigenvalue weighted by atomic mass is 15.1. The molecule has 2 rings (SSSR count). The van der Waals surface area contributed by atoms with Gasteiger partial charge in [0.25, 0.3) is 0 Å². The molecule has 14 heavy (non-hydrogen) atoms. The lowest BCUT2D eigenvalue weighted by atomic mass is 10.1. The molecule has 0 aromatic rings. The lowest BCUT2D eigenvalue weighted by molar-refractivity contribution is 0.343. The Balaban J connectivity index is 1.58. The van der Waals surface area contributed by atoms with E-state index < -0.39 is 0 Å². The van der Waals surface area contributed by atoms with Gasteiger partial charge in [-0.25, -0.2) is 0 Å². The van der Waals surface area contributed by atoms with Gasteiger partial charge in [-0.3, -0.25) is 0 Å². The maximum absolute atomic E-state index is 3.73. The molecule has 1 atom stereocenters. The van der Waals surface area contributed by atoms with E-state index in [4.69, 9.17) is 0 Å². The van der Waals surface area contributed by atoms with Crippen LogP contribution >= 0.6 is 0 Å². The van der Waals surface area contributed by atoms with Gasteiger partial charge in [-0.2, -0.15) is 0 Å². The summed E-state index contributed by atoms with van der Waals surface area (Å²) in [5, 5.41) is 3.73. The average molecular weight is 196 g/mol. The third kappa shape index (κ3) is 3.58. The van der Waals surface area contributed by atoms with E-state index in [1.54, 1.807) is 0 Å². The van der Waals surface area contributed by atoms with Gasteiger partial charge in [-0.05, 0) is 58.3 Å². The number of nitrogens with zero attached hydrogens (tertiary/aromatic N) is 1. The molecule has 2 nitrogen and oxygen atoms in total. The van der Waals surface area contributed by atoms with E-state index in [2.05, 4.69) is 17.3 Å². The van der Waals surface area contributed by atoms with Crippen LogP contribution in [0.1, 0.15) is 38.5 Å². The fourth-order valence-electron chi connectivity index (χ4n) is 2.34. The van der Waals surface area contributed by atoms with Gasteiger partial charge in [-0.1, -0.05) is 12.8 Å². The zero-order valence-corrected chi connectivity index (χ0v) is 9.47. The molecule has 1 aliphatic carbocycles. The van der Waals surface area contributed by atoms with Crippen molar-refractivity contribution in [1.29, 1.82) is 0 Å². The monoisotopic (exact) mass is 196 g/mol. The van der Waals surface area contributed by atoms with Crippen molar-refractivity contribution >= 4 is 0 Å². The molecular weight excluding hydrogens is 172 g/mol. The largest absolute Gasteiger partial charge is 0.314 e. The average Bonchev–Trinajstić information content (AvgIpc) is 2.96. The standard InChI is InChI=1S/C12H24N2/c1-14-9-2-3-12(7-10-14)13-8-6-11-4-5-11/h11-13H,2-10H2,1H3. The predicted molar refractivity (Wildman–Crippen MR) is 60.5 cm³/mol. The summed E-state index contributed by atoms with van der Waals surface area (Å²) in [5.74, 6) is 1.08. The minimum Gasteiger partial charge on any atom is -0.314 e. The molecular formula is C12H24N2. The summed E-state index contributed by atoms with van der Waals surface area (Å²) < 4.78 is 0. The Morgan fingerprint density at radius 2 is 2.00 bits per heavy atom. The Morgan fingerprint density at radius 3 is 2.79 bits per heavy atom. The first-order valence-corrected chi connectivity index (χ1v) is 6.26. The molecule has 2 fully saturated rings. The predicted octanol–water partition coefficient (Wildman–Crippen LogP) is 1.86. The number of hydrogen-bond donors (Lipinski definition) is 1. The van der Waals surface area contributed by atoms with Crippen LogP contribution in [0.2, 0.25) is 0 Å². The molecule has 1 unspecified atom stereocenters. The van der Waals surface area contributed by atoms with Gasteiger partial charge in [-0.15, -0.1) is 0 Å². The fourth-order valence-corrected chi connectivity index (χ4v) is 2.34. The third-order valence-electron chi connectivity index (χ3n) is 3.63. The van der Waals surface area contributed by atoms with Gasteiger partial charge in [0.15, 0.2) is 0 Å². The molecule has 1 saturated heterocycles. The normalized spacial score (nSPS) is 30.2. The maximum Gasteiger partial charge on any atom is 0.00797 e. The molecule has 1 saturated carbocycles. The highest BCUT2D eigenvalue weighted by Gasteiger charge is 2.21. The Bertz CT molecular complexity index is 166.